The van der Waals surface area contributed by atoms with Crippen molar-refractivity contribution >= 4 is 41.8 Å². The van der Waals surface area contributed by atoms with Crippen LogP contribution in [0.15, 0.2) is 59.6 Å². The molecule has 1 fully saturated rings. The van der Waals surface area contributed by atoms with Crippen LogP contribution in [0.5, 0.6) is 5.75 Å². The number of benzene rings is 2. The van der Waals surface area contributed by atoms with E-state index in [4.69, 9.17) is 21.1 Å². The first kappa shape index (κ1) is 34.6. The summed E-state index contributed by atoms with van der Waals surface area (Å²) in [6.45, 7) is 2.69. The Morgan fingerprint density at radius 3 is 2.54 bits per heavy atom. The maximum atomic E-state index is 14.2. The Morgan fingerprint density at radius 1 is 1.08 bits per heavy atom. The second-order valence-corrected chi connectivity index (χ2v) is 14.6. The molecule has 6 rings (SSSR count). The zero-order valence-electron chi connectivity index (χ0n) is 27.1. The van der Waals surface area contributed by atoms with Gasteiger partial charge in [0.25, 0.3) is 0 Å². The van der Waals surface area contributed by atoms with Gasteiger partial charge in [0.1, 0.15) is 11.3 Å². The molecule has 3 aromatic rings. The molecule has 0 saturated heterocycles. The number of rotatable bonds is 8. The molecule has 3 aliphatic carbocycles. The predicted molar refractivity (Wildman–Crippen MR) is 181 cm³/mol. The Kier molecular flexibility index (Phi) is 9.79. The molecule has 0 bridgehead atoms. The van der Waals surface area contributed by atoms with Crippen molar-refractivity contribution in [3.05, 3.63) is 82.1 Å². The summed E-state index contributed by atoms with van der Waals surface area (Å²) in [5, 5.41) is 0.148. The van der Waals surface area contributed by atoms with E-state index in [-0.39, 0.29) is 35.4 Å². The Bertz CT molecular complexity index is 1690. The fraction of sp³-hybridized carbons (Fsp3) is 0.486. The van der Waals surface area contributed by atoms with Gasteiger partial charge in [-0.25, -0.2) is 4.79 Å². The van der Waals surface area contributed by atoms with Gasteiger partial charge in [-0.2, -0.15) is 13.2 Å². The molecule has 6 nitrogen and oxygen atoms in total. The number of carbonyl (C=O) groups is 2. The van der Waals surface area contributed by atoms with Crippen LogP contribution in [0, 0.1) is 11.8 Å². The van der Waals surface area contributed by atoms with E-state index in [2.05, 4.69) is 36.7 Å². The second-order valence-electron chi connectivity index (χ2n) is 13.6. The minimum Gasteiger partial charge on any atom is -0.493 e. The summed E-state index contributed by atoms with van der Waals surface area (Å²) in [6.07, 6.45) is 3.10. The van der Waals surface area contributed by atoms with Crippen molar-refractivity contribution in [1.29, 1.82) is 0 Å². The monoisotopic (exact) mass is 700 g/mol. The molecule has 2 atom stereocenters. The summed E-state index contributed by atoms with van der Waals surface area (Å²) in [7, 11) is 1.14. The number of ether oxygens (including phenoxy) is 2. The van der Waals surface area contributed by atoms with Gasteiger partial charge in [0, 0.05) is 33.1 Å². The molecule has 0 aliphatic heterocycles. The van der Waals surface area contributed by atoms with Crippen molar-refractivity contribution < 1.29 is 32.2 Å². The first-order chi connectivity index (χ1) is 22.9. The summed E-state index contributed by atoms with van der Waals surface area (Å²) < 4.78 is 54.2. The van der Waals surface area contributed by atoms with Crippen LogP contribution in [0.2, 0.25) is 5.02 Å². The second kappa shape index (κ2) is 13.6. The van der Waals surface area contributed by atoms with Crippen LogP contribution in [0.1, 0.15) is 74.3 Å². The minimum atomic E-state index is -5.23. The molecule has 1 heterocycles. The van der Waals surface area contributed by atoms with Crippen LogP contribution in [-0.4, -0.2) is 42.3 Å². The number of aryl methyl sites for hydroxylation is 1. The molecule has 1 saturated carbocycles. The third-order valence-electron chi connectivity index (χ3n) is 10.8. The molecule has 256 valence electrons. The largest absolute Gasteiger partial charge is 0.493 e. The lowest BCUT2D eigenvalue weighted by Gasteiger charge is -2.51. The fourth-order valence-corrected chi connectivity index (χ4v) is 8.89. The summed E-state index contributed by atoms with van der Waals surface area (Å²) in [5.74, 6) is -1.80. The standard InChI is InChI=1S/C37H40ClF3N2O4S/c1-23(22-47-32-12-17-42-31-9-4-3-8-29(31)32)18-25-19-24-10-11-28(48)21-30(24)35(25)13-15-36(16-14-35,34(45)46-2)43(33(44)37(39,40)41)27-7-5-6-26(38)20-27/h5-7,10-12,17,20-21,23,25,48H,3-4,8-9,13-16,18-19,22H2,1-2H3/t23-,25?,35?,36?/m1/s1. The third kappa shape index (κ3) is 6.42. The molecule has 0 radical (unpaired) electrons. The molecule has 1 amide bonds. The van der Waals surface area contributed by atoms with Crippen molar-refractivity contribution in [1.82, 2.24) is 4.98 Å². The average Bonchev–Trinajstić information content (AvgIpc) is 3.35. The molecule has 1 spiro atoms. The number of nitrogens with zero attached hydrogens (tertiary/aromatic N) is 2. The average molecular weight is 701 g/mol. The number of halogens is 4. The topological polar surface area (TPSA) is 68.7 Å². The number of fused-ring (bicyclic) bond motifs is 3. The quantitative estimate of drug-likeness (QED) is 0.189. The lowest BCUT2D eigenvalue weighted by Crippen LogP contribution is -2.63. The van der Waals surface area contributed by atoms with Gasteiger partial charge >= 0.3 is 18.1 Å². The first-order valence-corrected chi connectivity index (χ1v) is 17.4. The maximum absolute atomic E-state index is 14.2. The third-order valence-corrected chi connectivity index (χ3v) is 11.3. The number of methoxy groups -OCH3 is 1. The van der Waals surface area contributed by atoms with E-state index >= 15 is 0 Å². The Hall–Kier alpha value is -3.24. The smallest absolute Gasteiger partial charge is 0.471 e. The summed E-state index contributed by atoms with van der Waals surface area (Å²) in [4.78, 5) is 32.8. The molecule has 3 aliphatic rings. The van der Waals surface area contributed by atoms with E-state index in [9.17, 15) is 22.8 Å². The first-order valence-electron chi connectivity index (χ1n) is 16.6. The van der Waals surface area contributed by atoms with Crippen molar-refractivity contribution in [2.75, 3.05) is 18.6 Å². The highest BCUT2D eigenvalue weighted by molar-refractivity contribution is 7.80. The van der Waals surface area contributed by atoms with Gasteiger partial charge in [-0.15, -0.1) is 12.6 Å². The Balaban J connectivity index is 1.31. The molecule has 1 unspecified atom stereocenters. The van der Waals surface area contributed by atoms with Crippen LogP contribution in [0.3, 0.4) is 0 Å². The zero-order chi connectivity index (χ0) is 34.3. The maximum Gasteiger partial charge on any atom is 0.471 e. The van der Waals surface area contributed by atoms with Crippen LogP contribution >= 0.6 is 24.2 Å². The lowest BCUT2D eigenvalue weighted by atomic mass is 9.59. The molecular weight excluding hydrogens is 661 g/mol. The van der Waals surface area contributed by atoms with E-state index in [0.717, 1.165) is 67.5 Å². The van der Waals surface area contributed by atoms with Crippen LogP contribution in [0.25, 0.3) is 0 Å². The summed E-state index contributed by atoms with van der Waals surface area (Å²) in [5.41, 5.74) is 2.20. The SMILES string of the molecule is COC(=O)C1(N(C(=O)C(F)(F)F)c2cccc(Cl)c2)CCC2(CC1)c1cc(S)ccc1CC2C[C@@H](C)COc1ccnc2c1CCCC2. The molecule has 1 aromatic heterocycles. The van der Waals surface area contributed by atoms with Crippen molar-refractivity contribution in [2.45, 2.75) is 93.2 Å². The number of amides is 1. The van der Waals surface area contributed by atoms with E-state index < -0.39 is 29.0 Å². The van der Waals surface area contributed by atoms with Crippen LogP contribution in [-0.2, 0) is 39.0 Å². The van der Waals surface area contributed by atoms with E-state index in [1.165, 1.54) is 35.4 Å². The highest BCUT2D eigenvalue weighted by Gasteiger charge is 2.60. The number of pyridine rings is 1. The van der Waals surface area contributed by atoms with Crippen LogP contribution < -0.4 is 9.64 Å². The summed E-state index contributed by atoms with van der Waals surface area (Å²) in [6, 6.07) is 13.7. The number of alkyl halides is 3. The number of carbonyl (C=O) groups excluding carboxylic acids is 2. The molecule has 48 heavy (non-hydrogen) atoms. The van der Waals surface area contributed by atoms with Gasteiger partial charge in [-0.1, -0.05) is 30.7 Å². The van der Waals surface area contributed by atoms with E-state index in [1.807, 2.05) is 18.3 Å². The van der Waals surface area contributed by atoms with Crippen molar-refractivity contribution in [2.24, 2.45) is 11.8 Å². The number of esters is 1. The van der Waals surface area contributed by atoms with Crippen molar-refractivity contribution in [3.8, 4) is 5.75 Å². The lowest BCUT2D eigenvalue weighted by molar-refractivity contribution is -0.174. The van der Waals surface area contributed by atoms with Gasteiger partial charge in [0.05, 0.1) is 13.7 Å². The number of thiol groups is 1. The Labute approximate surface area is 289 Å². The van der Waals surface area contributed by atoms with Gasteiger partial charge in [0.2, 0.25) is 0 Å². The highest BCUT2D eigenvalue weighted by Crippen LogP contribution is 2.57. The zero-order valence-corrected chi connectivity index (χ0v) is 28.8. The molecular formula is C37H40ClF3N2O4S. The highest BCUT2D eigenvalue weighted by atomic mass is 35.5. The number of hydrogen-bond acceptors (Lipinski definition) is 6. The van der Waals surface area contributed by atoms with Gasteiger partial charge < -0.3 is 9.47 Å². The normalized spacial score (nSPS) is 24.0. The van der Waals surface area contributed by atoms with E-state index in [1.54, 1.807) is 0 Å². The number of aromatic nitrogens is 1. The Morgan fingerprint density at radius 2 is 1.83 bits per heavy atom. The molecule has 2 aromatic carbocycles. The molecule has 0 N–H and O–H groups in total. The molecule has 11 heteroatoms. The van der Waals surface area contributed by atoms with E-state index in [0.29, 0.717) is 24.3 Å². The number of anilines is 1. The van der Waals surface area contributed by atoms with Crippen LogP contribution in [0.4, 0.5) is 18.9 Å². The van der Waals surface area contributed by atoms with Gasteiger partial charge in [0.15, 0.2) is 0 Å². The predicted octanol–water partition coefficient (Wildman–Crippen LogP) is 8.50. The van der Waals surface area contributed by atoms with Gasteiger partial charge in [-0.05, 0) is 129 Å². The van der Waals surface area contributed by atoms with Crippen molar-refractivity contribution in [3.63, 3.8) is 0 Å². The minimum absolute atomic E-state index is 0.0191. The summed E-state index contributed by atoms with van der Waals surface area (Å²) >= 11 is 10.8. The van der Waals surface area contributed by atoms with Gasteiger partial charge in [-0.3, -0.25) is 14.7 Å². The number of hydrogen-bond donors (Lipinski definition) is 1. The fourth-order valence-electron chi connectivity index (χ4n) is 8.51.